The number of ether oxygens (including phenoxy) is 1. The van der Waals surface area contributed by atoms with E-state index in [1.54, 1.807) is 6.07 Å². The van der Waals surface area contributed by atoms with Crippen LogP contribution in [0.25, 0.3) is 0 Å². The van der Waals surface area contributed by atoms with Crippen LogP contribution in [0.5, 0.6) is 5.75 Å². The van der Waals surface area contributed by atoms with Crippen LogP contribution in [0, 0.1) is 13.8 Å². The molecule has 120 valence electrons. The first-order valence-electron chi connectivity index (χ1n) is 7.68. The molecule has 0 bridgehead atoms. The van der Waals surface area contributed by atoms with Gasteiger partial charge in [-0.25, -0.2) is 0 Å². The van der Waals surface area contributed by atoms with Crippen molar-refractivity contribution < 1.29 is 9.53 Å². The standard InChI is InChI=1S/C18H21N3O2/c1-12-4-3-5-13(2)18(12)20-17(22)11-21-8-9-23-16-7-6-14(19)10-15(16)21/h3-7,10H,8-9,11,19H2,1-2H3,(H,20,22). The Morgan fingerprint density at radius 3 is 2.74 bits per heavy atom. The van der Waals surface area contributed by atoms with Gasteiger partial charge in [0.15, 0.2) is 0 Å². The Morgan fingerprint density at radius 2 is 2.00 bits per heavy atom. The molecule has 5 nitrogen and oxygen atoms in total. The summed E-state index contributed by atoms with van der Waals surface area (Å²) in [5, 5.41) is 3.02. The van der Waals surface area contributed by atoms with Crippen LogP contribution in [0.2, 0.25) is 0 Å². The lowest BCUT2D eigenvalue weighted by Crippen LogP contribution is -2.39. The highest BCUT2D eigenvalue weighted by atomic mass is 16.5. The average Bonchev–Trinajstić information content (AvgIpc) is 2.52. The Morgan fingerprint density at radius 1 is 1.26 bits per heavy atom. The first kappa shape index (κ1) is 15.2. The van der Waals surface area contributed by atoms with E-state index in [0.29, 0.717) is 18.8 Å². The molecular weight excluding hydrogens is 290 g/mol. The predicted molar refractivity (Wildman–Crippen MR) is 93.1 cm³/mol. The fourth-order valence-electron chi connectivity index (χ4n) is 2.82. The number of fused-ring (bicyclic) bond motifs is 1. The van der Waals surface area contributed by atoms with E-state index < -0.39 is 0 Å². The summed E-state index contributed by atoms with van der Waals surface area (Å²) in [6.45, 7) is 5.48. The maximum Gasteiger partial charge on any atom is 0.243 e. The lowest BCUT2D eigenvalue weighted by atomic mass is 10.1. The zero-order chi connectivity index (χ0) is 16.4. The summed E-state index contributed by atoms with van der Waals surface area (Å²) in [6.07, 6.45) is 0. The van der Waals surface area contributed by atoms with Gasteiger partial charge < -0.3 is 20.7 Å². The molecule has 3 N–H and O–H groups in total. The SMILES string of the molecule is Cc1cccc(C)c1NC(=O)CN1CCOc2ccc(N)cc21. The Kier molecular flexibility index (Phi) is 4.10. The van der Waals surface area contributed by atoms with Gasteiger partial charge in [0.2, 0.25) is 5.91 Å². The fraction of sp³-hybridized carbons (Fsp3) is 0.278. The van der Waals surface area contributed by atoms with Crippen molar-refractivity contribution >= 4 is 23.0 Å². The number of amides is 1. The highest BCUT2D eigenvalue weighted by Gasteiger charge is 2.21. The lowest BCUT2D eigenvalue weighted by Gasteiger charge is -2.31. The summed E-state index contributed by atoms with van der Waals surface area (Å²) in [6, 6.07) is 11.5. The topological polar surface area (TPSA) is 67.6 Å². The van der Waals surface area contributed by atoms with Crippen LogP contribution >= 0.6 is 0 Å². The third-order valence-electron chi connectivity index (χ3n) is 4.02. The Labute approximate surface area is 136 Å². The number of carbonyl (C=O) groups is 1. The smallest absolute Gasteiger partial charge is 0.243 e. The molecule has 1 aliphatic rings. The lowest BCUT2D eigenvalue weighted by molar-refractivity contribution is -0.115. The van der Waals surface area contributed by atoms with Crippen LogP contribution in [0.3, 0.4) is 0 Å². The molecule has 0 aliphatic carbocycles. The van der Waals surface area contributed by atoms with Crippen LogP contribution in [-0.4, -0.2) is 25.6 Å². The number of nitrogens with zero attached hydrogens (tertiary/aromatic N) is 1. The van der Waals surface area contributed by atoms with Gasteiger partial charge in [0, 0.05) is 11.4 Å². The van der Waals surface area contributed by atoms with Crippen molar-refractivity contribution in [1.82, 2.24) is 0 Å². The van der Waals surface area contributed by atoms with Crippen molar-refractivity contribution in [3.05, 3.63) is 47.5 Å². The van der Waals surface area contributed by atoms with Gasteiger partial charge in [-0.2, -0.15) is 0 Å². The number of nitrogens with one attached hydrogen (secondary N) is 1. The summed E-state index contributed by atoms with van der Waals surface area (Å²) in [5.74, 6) is 0.725. The minimum atomic E-state index is -0.0438. The highest BCUT2D eigenvalue weighted by Crippen LogP contribution is 2.33. The van der Waals surface area contributed by atoms with Crippen LogP contribution in [-0.2, 0) is 4.79 Å². The molecule has 3 rings (SSSR count). The maximum absolute atomic E-state index is 12.5. The number of hydrogen-bond donors (Lipinski definition) is 2. The Balaban J connectivity index is 1.76. The number of benzene rings is 2. The minimum Gasteiger partial charge on any atom is -0.490 e. The van der Waals surface area contributed by atoms with Crippen molar-refractivity contribution in [3.8, 4) is 5.75 Å². The molecule has 0 saturated heterocycles. The van der Waals surface area contributed by atoms with Crippen molar-refractivity contribution in [2.45, 2.75) is 13.8 Å². The zero-order valence-electron chi connectivity index (χ0n) is 13.4. The van der Waals surface area contributed by atoms with Crippen molar-refractivity contribution in [2.24, 2.45) is 0 Å². The molecular formula is C18H21N3O2. The van der Waals surface area contributed by atoms with Gasteiger partial charge in [-0.15, -0.1) is 0 Å². The molecule has 23 heavy (non-hydrogen) atoms. The van der Waals surface area contributed by atoms with Gasteiger partial charge in [-0.1, -0.05) is 18.2 Å². The average molecular weight is 311 g/mol. The second-order valence-electron chi connectivity index (χ2n) is 5.81. The van der Waals surface area contributed by atoms with E-state index in [2.05, 4.69) is 5.32 Å². The molecule has 5 heteroatoms. The number of aryl methyl sites for hydroxylation is 2. The minimum absolute atomic E-state index is 0.0438. The Bertz CT molecular complexity index is 723. The van der Waals surface area contributed by atoms with Crippen LogP contribution in [0.4, 0.5) is 17.1 Å². The van der Waals surface area contributed by atoms with E-state index >= 15 is 0 Å². The molecule has 1 amide bonds. The van der Waals surface area contributed by atoms with Crippen LogP contribution in [0.1, 0.15) is 11.1 Å². The van der Waals surface area contributed by atoms with Crippen LogP contribution in [0.15, 0.2) is 36.4 Å². The summed E-state index contributed by atoms with van der Waals surface area (Å²) < 4.78 is 5.62. The number of carbonyl (C=O) groups excluding carboxylic acids is 1. The molecule has 1 aliphatic heterocycles. The van der Waals surface area contributed by atoms with Gasteiger partial charge in [0.05, 0.1) is 18.8 Å². The van der Waals surface area contributed by atoms with E-state index in [9.17, 15) is 4.79 Å². The second kappa shape index (κ2) is 6.20. The van der Waals surface area contributed by atoms with Crippen molar-refractivity contribution in [2.75, 3.05) is 35.6 Å². The third-order valence-corrected chi connectivity index (χ3v) is 4.02. The number of nitrogen functional groups attached to an aromatic ring is 1. The molecule has 2 aromatic rings. The molecule has 0 aromatic heterocycles. The van der Waals surface area contributed by atoms with Gasteiger partial charge in [0.25, 0.3) is 0 Å². The van der Waals surface area contributed by atoms with Crippen LogP contribution < -0.4 is 20.7 Å². The molecule has 0 saturated carbocycles. The molecule has 1 heterocycles. The first-order valence-corrected chi connectivity index (χ1v) is 7.68. The first-order chi connectivity index (χ1) is 11.0. The molecule has 2 aromatic carbocycles. The van der Waals surface area contributed by atoms with Gasteiger partial charge in [0.1, 0.15) is 12.4 Å². The summed E-state index contributed by atoms with van der Waals surface area (Å²) in [5.41, 5.74) is 10.4. The molecule has 0 fully saturated rings. The normalized spacial score (nSPS) is 13.2. The largest absolute Gasteiger partial charge is 0.490 e. The molecule has 0 radical (unpaired) electrons. The maximum atomic E-state index is 12.5. The van der Waals surface area contributed by atoms with Gasteiger partial charge in [-0.3, -0.25) is 4.79 Å². The van der Waals surface area contributed by atoms with Gasteiger partial charge >= 0.3 is 0 Å². The number of hydrogen-bond acceptors (Lipinski definition) is 4. The summed E-state index contributed by atoms with van der Waals surface area (Å²) in [7, 11) is 0. The monoisotopic (exact) mass is 311 g/mol. The molecule has 0 spiro atoms. The molecule has 0 unspecified atom stereocenters. The quantitative estimate of drug-likeness (QED) is 0.855. The van der Waals surface area contributed by atoms with E-state index in [4.69, 9.17) is 10.5 Å². The number of rotatable bonds is 3. The van der Waals surface area contributed by atoms with E-state index in [-0.39, 0.29) is 12.5 Å². The number of nitrogens with two attached hydrogens (primary N) is 1. The number of anilines is 3. The zero-order valence-corrected chi connectivity index (χ0v) is 13.4. The number of para-hydroxylation sites is 1. The molecule has 0 atom stereocenters. The van der Waals surface area contributed by atoms with E-state index in [1.807, 2.05) is 49.1 Å². The Hall–Kier alpha value is -2.69. The fourth-order valence-corrected chi connectivity index (χ4v) is 2.82. The van der Waals surface area contributed by atoms with E-state index in [1.165, 1.54) is 0 Å². The van der Waals surface area contributed by atoms with Crippen molar-refractivity contribution in [1.29, 1.82) is 0 Å². The summed E-state index contributed by atoms with van der Waals surface area (Å²) in [4.78, 5) is 14.5. The van der Waals surface area contributed by atoms with E-state index in [0.717, 1.165) is 28.3 Å². The predicted octanol–water partition coefficient (Wildman–Crippen LogP) is 2.72. The van der Waals surface area contributed by atoms with Gasteiger partial charge in [-0.05, 0) is 43.2 Å². The van der Waals surface area contributed by atoms with Crippen molar-refractivity contribution in [3.63, 3.8) is 0 Å². The highest BCUT2D eigenvalue weighted by molar-refractivity contribution is 5.95. The second-order valence-corrected chi connectivity index (χ2v) is 5.81. The summed E-state index contributed by atoms with van der Waals surface area (Å²) >= 11 is 0. The third kappa shape index (κ3) is 3.23.